The third-order valence-electron chi connectivity index (χ3n) is 4.10. The topological polar surface area (TPSA) is 25.2 Å². The van der Waals surface area contributed by atoms with Crippen LogP contribution < -0.4 is 0 Å². The van der Waals surface area contributed by atoms with E-state index >= 15 is 0 Å². The Hall–Kier alpha value is -2.48. The van der Waals surface area contributed by atoms with Crippen molar-refractivity contribution in [1.82, 2.24) is 4.98 Å². The monoisotopic (exact) mass is 272 g/mol. The van der Waals surface area contributed by atoms with Gasteiger partial charge in [0.1, 0.15) is 0 Å². The molecule has 2 aromatic carbocycles. The zero-order valence-corrected chi connectivity index (χ0v) is 12.0. The molecule has 0 radical (unpaired) electrons. The maximum atomic E-state index is 4.88. The molecule has 1 aliphatic rings. The summed E-state index contributed by atoms with van der Waals surface area (Å²) in [6.45, 7) is 2.10. The molecule has 0 spiro atoms. The van der Waals surface area contributed by atoms with Gasteiger partial charge in [0.05, 0.1) is 11.2 Å². The summed E-state index contributed by atoms with van der Waals surface area (Å²) in [6.07, 6.45) is 0.947. The number of rotatable bonds is 1. The number of benzene rings is 2. The Kier molecular flexibility index (Phi) is 2.81. The van der Waals surface area contributed by atoms with Gasteiger partial charge in [-0.15, -0.1) is 0 Å². The van der Waals surface area contributed by atoms with Crippen molar-refractivity contribution in [3.8, 4) is 0 Å². The number of nitrogens with zero attached hydrogens (tertiary/aromatic N) is 2. The molecule has 4 rings (SSSR count). The van der Waals surface area contributed by atoms with E-state index in [0.29, 0.717) is 5.92 Å². The van der Waals surface area contributed by atoms with Crippen LogP contribution in [0, 0.1) is 0 Å². The first kappa shape index (κ1) is 12.3. The van der Waals surface area contributed by atoms with Crippen LogP contribution in [0.3, 0.4) is 0 Å². The fraction of sp³-hybridized carbons (Fsp3) is 0.158. The smallest absolute Gasteiger partial charge is 0.0705 e. The zero-order valence-electron chi connectivity index (χ0n) is 12.0. The van der Waals surface area contributed by atoms with E-state index in [0.717, 1.165) is 23.3 Å². The Balaban J connectivity index is 1.87. The minimum absolute atomic E-state index is 0.309. The van der Waals surface area contributed by atoms with Gasteiger partial charge in [0.15, 0.2) is 0 Å². The predicted octanol–water partition coefficient (Wildman–Crippen LogP) is 4.86. The summed E-state index contributed by atoms with van der Waals surface area (Å²) in [5.41, 5.74) is 5.74. The number of para-hydroxylation sites is 2. The Morgan fingerprint density at radius 2 is 1.71 bits per heavy atom. The SMILES string of the molecule is CC1=Nc2ccccc2C(c2ccc3ccccc3n2)C1. The summed E-state index contributed by atoms with van der Waals surface area (Å²) in [5, 5.41) is 1.19. The minimum Gasteiger partial charge on any atom is -0.258 e. The van der Waals surface area contributed by atoms with Crippen LogP contribution >= 0.6 is 0 Å². The van der Waals surface area contributed by atoms with E-state index in [1.165, 1.54) is 16.7 Å². The van der Waals surface area contributed by atoms with Crippen molar-refractivity contribution in [1.29, 1.82) is 0 Å². The van der Waals surface area contributed by atoms with Crippen LogP contribution in [0.5, 0.6) is 0 Å². The lowest BCUT2D eigenvalue weighted by Crippen LogP contribution is -2.12. The molecule has 0 saturated carbocycles. The van der Waals surface area contributed by atoms with Gasteiger partial charge in [-0.25, -0.2) is 0 Å². The average Bonchev–Trinajstić information content (AvgIpc) is 2.53. The molecule has 2 nitrogen and oxygen atoms in total. The average molecular weight is 272 g/mol. The highest BCUT2D eigenvalue weighted by atomic mass is 14.8. The van der Waals surface area contributed by atoms with Crippen LogP contribution in [0.4, 0.5) is 5.69 Å². The summed E-state index contributed by atoms with van der Waals surface area (Å²) in [6, 6.07) is 21.0. The quantitative estimate of drug-likeness (QED) is 0.621. The normalized spacial score (nSPS) is 17.4. The molecule has 0 bridgehead atoms. The van der Waals surface area contributed by atoms with Crippen LogP contribution in [0.15, 0.2) is 65.7 Å². The lowest BCUT2D eigenvalue weighted by Gasteiger charge is -2.23. The standard InChI is InChI=1S/C19H16N2/c1-13-12-16(15-7-3-5-9-18(15)20-13)19-11-10-14-6-2-4-8-17(14)21-19/h2-11,16H,12H2,1H3. The molecule has 102 valence electrons. The molecule has 1 atom stereocenters. The third-order valence-corrected chi connectivity index (χ3v) is 4.10. The number of pyridine rings is 1. The first-order chi connectivity index (χ1) is 10.3. The molecule has 1 unspecified atom stereocenters. The second kappa shape index (κ2) is 4.81. The number of aliphatic imine (C=N–C) groups is 1. The van der Waals surface area contributed by atoms with Gasteiger partial charge in [0.2, 0.25) is 0 Å². The van der Waals surface area contributed by atoms with E-state index in [1.807, 2.05) is 12.1 Å². The van der Waals surface area contributed by atoms with Crippen molar-refractivity contribution < 1.29 is 0 Å². The largest absolute Gasteiger partial charge is 0.258 e. The maximum absolute atomic E-state index is 4.88. The summed E-state index contributed by atoms with van der Waals surface area (Å²) in [4.78, 5) is 9.55. The summed E-state index contributed by atoms with van der Waals surface area (Å²) < 4.78 is 0. The van der Waals surface area contributed by atoms with Crippen molar-refractivity contribution in [2.24, 2.45) is 4.99 Å². The number of hydrogen-bond donors (Lipinski definition) is 0. The van der Waals surface area contributed by atoms with E-state index in [-0.39, 0.29) is 0 Å². The third kappa shape index (κ3) is 2.13. The molecule has 21 heavy (non-hydrogen) atoms. The fourth-order valence-electron chi connectivity index (χ4n) is 3.08. The fourth-order valence-corrected chi connectivity index (χ4v) is 3.08. The second-order valence-corrected chi connectivity index (χ2v) is 5.59. The van der Waals surface area contributed by atoms with Gasteiger partial charge in [-0.3, -0.25) is 9.98 Å². The van der Waals surface area contributed by atoms with E-state index in [4.69, 9.17) is 4.98 Å². The second-order valence-electron chi connectivity index (χ2n) is 5.59. The van der Waals surface area contributed by atoms with Gasteiger partial charge in [-0.1, -0.05) is 42.5 Å². The molecule has 3 aromatic rings. The highest BCUT2D eigenvalue weighted by molar-refractivity contribution is 5.88. The molecule has 0 aliphatic carbocycles. The molecule has 1 aliphatic heterocycles. The van der Waals surface area contributed by atoms with Crippen LogP contribution in [-0.4, -0.2) is 10.7 Å². The number of aromatic nitrogens is 1. The summed E-state index contributed by atoms with van der Waals surface area (Å²) in [5.74, 6) is 0.309. The summed E-state index contributed by atoms with van der Waals surface area (Å²) in [7, 11) is 0. The van der Waals surface area contributed by atoms with E-state index in [1.54, 1.807) is 0 Å². The molecule has 0 saturated heterocycles. The van der Waals surface area contributed by atoms with Crippen LogP contribution in [0.1, 0.15) is 30.5 Å². The molecule has 0 fully saturated rings. The highest BCUT2D eigenvalue weighted by Crippen LogP contribution is 2.38. The Bertz CT molecular complexity index is 849. The maximum Gasteiger partial charge on any atom is 0.0705 e. The van der Waals surface area contributed by atoms with Crippen molar-refractivity contribution in [3.05, 3.63) is 71.9 Å². The number of hydrogen-bond acceptors (Lipinski definition) is 2. The van der Waals surface area contributed by atoms with Crippen LogP contribution in [-0.2, 0) is 0 Å². The first-order valence-corrected chi connectivity index (χ1v) is 7.30. The van der Waals surface area contributed by atoms with E-state index < -0.39 is 0 Å². The van der Waals surface area contributed by atoms with Gasteiger partial charge < -0.3 is 0 Å². The van der Waals surface area contributed by atoms with Gasteiger partial charge >= 0.3 is 0 Å². The van der Waals surface area contributed by atoms with E-state index in [9.17, 15) is 0 Å². The van der Waals surface area contributed by atoms with Gasteiger partial charge in [-0.2, -0.15) is 0 Å². The molecule has 2 heteroatoms. The Morgan fingerprint density at radius 3 is 2.67 bits per heavy atom. The molecule has 0 amide bonds. The predicted molar refractivity (Wildman–Crippen MR) is 87.4 cm³/mol. The van der Waals surface area contributed by atoms with Crippen molar-refractivity contribution in [2.45, 2.75) is 19.3 Å². The first-order valence-electron chi connectivity index (χ1n) is 7.30. The lowest BCUT2D eigenvalue weighted by molar-refractivity contribution is 0.807. The molecular weight excluding hydrogens is 256 g/mol. The molecule has 1 aromatic heterocycles. The van der Waals surface area contributed by atoms with Crippen LogP contribution in [0.2, 0.25) is 0 Å². The molecular formula is C19H16N2. The van der Waals surface area contributed by atoms with Gasteiger partial charge in [-0.05, 0) is 37.1 Å². The van der Waals surface area contributed by atoms with Gasteiger partial charge in [0.25, 0.3) is 0 Å². The Morgan fingerprint density at radius 1 is 0.905 bits per heavy atom. The highest BCUT2D eigenvalue weighted by Gasteiger charge is 2.23. The molecule has 2 heterocycles. The summed E-state index contributed by atoms with van der Waals surface area (Å²) >= 11 is 0. The lowest BCUT2D eigenvalue weighted by atomic mass is 9.87. The van der Waals surface area contributed by atoms with Crippen LogP contribution in [0.25, 0.3) is 10.9 Å². The Labute approximate surface area is 124 Å². The van der Waals surface area contributed by atoms with Crippen molar-refractivity contribution in [2.75, 3.05) is 0 Å². The minimum atomic E-state index is 0.309. The number of fused-ring (bicyclic) bond motifs is 2. The van der Waals surface area contributed by atoms with Crippen molar-refractivity contribution >= 4 is 22.3 Å². The molecule has 0 N–H and O–H groups in total. The van der Waals surface area contributed by atoms with E-state index in [2.05, 4.69) is 60.4 Å². The zero-order chi connectivity index (χ0) is 14.2. The van der Waals surface area contributed by atoms with Crippen molar-refractivity contribution in [3.63, 3.8) is 0 Å². The van der Waals surface area contributed by atoms with Gasteiger partial charge in [0, 0.05) is 22.7 Å².